The lowest BCUT2D eigenvalue weighted by Gasteiger charge is -2.26. The van der Waals surface area contributed by atoms with Crippen molar-refractivity contribution in [2.24, 2.45) is 0 Å². The molecule has 19 heavy (non-hydrogen) atoms. The van der Waals surface area contributed by atoms with Crippen LogP contribution in [-0.4, -0.2) is 34.9 Å². The van der Waals surface area contributed by atoms with Crippen LogP contribution in [0.25, 0.3) is 0 Å². The quantitative estimate of drug-likeness (QED) is 0.892. The van der Waals surface area contributed by atoms with Crippen LogP contribution in [0.5, 0.6) is 0 Å². The van der Waals surface area contributed by atoms with E-state index in [1.807, 2.05) is 26.8 Å². The Morgan fingerprint density at radius 1 is 1.21 bits per heavy atom. The van der Waals surface area contributed by atoms with Crippen LogP contribution in [0.2, 0.25) is 0 Å². The number of aryl methyl sites for hydroxylation is 1. The predicted octanol–water partition coefficient (Wildman–Crippen LogP) is 2.78. The Kier molecular flexibility index (Phi) is 5.73. The highest BCUT2D eigenvalue weighted by Gasteiger charge is 2.26. The third-order valence-electron chi connectivity index (χ3n) is 2.93. The molecule has 0 aliphatic carbocycles. The van der Waals surface area contributed by atoms with Crippen molar-refractivity contribution >= 4 is 5.82 Å². The molecule has 0 bridgehead atoms. The summed E-state index contributed by atoms with van der Waals surface area (Å²) in [4.78, 5) is 2.30. The Morgan fingerprint density at radius 2 is 1.89 bits per heavy atom. The molecule has 2 rings (SSSR count). The van der Waals surface area contributed by atoms with Gasteiger partial charge < -0.3 is 10.2 Å². The summed E-state index contributed by atoms with van der Waals surface area (Å²) in [6, 6.07) is 4.63. The van der Waals surface area contributed by atoms with Crippen molar-refractivity contribution in [3.8, 4) is 0 Å². The van der Waals surface area contributed by atoms with Crippen molar-refractivity contribution in [1.82, 2.24) is 15.5 Å². The standard InChI is InChI=1S/C13H22N4.C2H6/c1-10-5-6-12(16-15-10)17-8-7-11(9-17)14-13(2,3)4;1-2/h5-6,11,14H,7-9H2,1-4H3;1-2H3. The number of aromatic nitrogens is 2. The van der Waals surface area contributed by atoms with Gasteiger partial charge in [0.1, 0.15) is 0 Å². The van der Waals surface area contributed by atoms with Gasteiger partial charge in [-0.05, 0) is 46.2 Å². The first-order chi connectivity index (χ1) is 8.94. The molecule has 1 fully saturated rings. The minimum absolute atomic E-state index is 0.180. The van der Waals surface area contributed by atoms with E-state index < -0.39 is 0 Å². The second-order valence-corrected chi connectivity index (χ2v) is 5.86. The van der Waals surface area contributed by atoms with Gasteiger partial charge in [-0.1, -0.05) is 13.8 Å². The summed E-state index contributed by atoms with van der Waals surface area (Å²) < 4.78 is 0. The Balaban J connectivity index is 0.000000861. The van der Waals surface area contributed by atoms with Gasteiger partial charge in [0.25, 0.3) is 0 Å². The van der Waals surface area contributed by atoms with Gasteiger partial charge in [0.05, 0.1) is 5.69 Å². The fourth-order valence-electron chi connectivity index (χ4n) is 2.26. The SMILES string of the molecule is CC.Cc1ccc(N2CCC(NC(C)(C)C)C2)nn1. The van der Waals surface area contributed by atoms with Crippen molar-refractivity contribution < 1.29 is 0 Å². The van der Waals surface area contributed by atoms with Gasteiger partial charge in [0.15, 0.2) is 5.82 Å². The van der Waals surface area contributed by atoms with Crippen LogP contribution >= 0.6 is 0 Å². The maximum absolute atomic E-state index is 4.24. The number of anilines is 1. The molecule has 4 heteroatoms. The second-order valence-electron chi connectivity index (χ2n) is 5.86. The third kappa shape index (κ3) is 5.15. The van der Waals surface area contributed by atoms with E-state index in [4.69, 9.17) is 0 Å². The smallest absolute Gasteiger partial charge is 0.151 e. The molecule has 4 nitrogen and oxygen atoms in total. The molecule has 2 heterocycles. The minimum Gasteiger partial charge on any atom is -0.354 e. The van der Waals surface area contributed by atoms with Crippen molar-refractivity contribution in [3.05, 3.63) is 17.8 Å². The number of rotatable bonds is 2. The van der Waals surface area contributed by atoms with E-state index in [1.54, 1.807) is 0 Å². The monoisotopic (exact) mass is 264 g/mol. The highest BCUT2D eigenvalue weighted by molar-refractivity contribution is 5.39. The van der Waals surface area contributed by atoms with E-state index in [0.717, 1.165) is 24.6 Å². The molecule has 1 unspecified atom stereocenters. The fraction of sp³-hybridized carbons (Fsp3) is 0.733. The molecule has 1 saturated heterocycles. The molecule has 1 aromatic rings. The van der Waals surface area contributed by atoms with Gasteiger partial charge in [-0.15, -0.1) is 5.10 Å². The minimum atomic E-state index is 0.180. The van der Waals surface area contributed by atoms with Crippen molar-refractivity contribution in [2.45, 2.75) is 59.5 Å². The molecule has 1 aromatic heterocycles. The van der Waals surface area contributed by atoms with E-state index in [0.29, 0.717) is 6.04 Å². The Labute approximate surface area is 117 Å². The van der Waals surface area contributed by atoms with Crippen LogP contribution < -0.4 is 10.2 Å². The van der Waals surface area contributed by atoms with Crippen LogP contribution in [0.4, 0.5) is 5.82 Å². The summed E-state index contributed by atoms with van der Waals surface area (Å²) in [6.07, 6.45) is 1.17. The second kappa shape index (κ2) is 6.85. The van der Waals surface area contributed by atoms with E-state index in [9.17, 15) is 0 Å². The summed E-state index contributed by atoms with van der Waals surface area (Å²) in [6.45, 7) is 14.7. The van der Waals surface area contributed by atoms with E-state index in [1.165, 1.54) is 6.42 Å². The normalized spacial score (nSPS) is 19.1. The van der Waals surface area contributed by atoms with Gasteiger partial charge in [-0.3, -0.25) is 0 Å². The largest absolute Gasteiger partial charge is 0.354 e. The lowest BCUT2D eigenvalue weighted by atomic mass is 10.1. The molecule has 0 spiro atoms. The lowest BCUT2D eigenvalue weighted by Crippen LogP contribution is -2.45. The molecule has 1 atom stereocenters. The topological polar surface area (TPSA) is 41.0 Å². The van der Waals surface area contributed by atoms with Crippen molar-refractivity contribution in [2.75, 3.05) is 18.0 Å². The average molecular weight is 264 g/mol. The molecule has 108 valence electrons. The maximum atomic E-state index is 4.24. The molecule has 0 radical (unpaired) electrons. The van der Waals surface area contributed by atoms with Gasteiger partial charge in [-0.2, -0.15) is 5.10 Å². The highest BCUT2D eigenvalue weighted by Crippen LogP contribution is 2.18. The molecular weight excluding hydrogens is 236 g/mol. The first-order valence-corrected chi connectivity index (χ1v) is 7.27. The third-order valence-corrected chi connectivity index (χ3v) is 2.93. The van der Waals surface area contributed by atoms with Crippen LogP contribution in [0.3, 0.4) is 0 Å². The number of nitrogens with zero attached hydrogens (tertiary/aromatic N) is 3. The molecule has 1 aliphatic rings. The first kappa shape index (κ1) is 15.9. The molecule has 0 aromatic carbocycles. The molecule has 0 saturated carbocycles. The zero-order chi connectivity index (χ0) is 14.5. The lowest BCUT2D eigenvalue weighted by molar-refractivity contribution is 0.373. The van der Waals surface area contributed by atoms with Gasteiger partial charge in [-0.25, -0.2) is 0 Å². The molecular formula is C15H28N4. The van der Waals surface area contributed by atoms with Gasteiger partial charge in [0, 0.05) is 24.7 Å². The number of hydrogen-bond donors (Lipinski definition) is 1. The summed E-state index contributed by atoms with van der Waals surface area (Å²) in [5.41, 5.74) is 1.15. The summed E-state index contributed by atoms with van der Waals surface area (Å²) in [5, 5.41) is 12.0. The maximum Gasteiger partial charge on any atom is 0.151 e. The molecule has 1 N–H and O–H groups in total. The summed E-state index contributed by atoms with van der Waals surface area (Å²) >= 11 is 0. The van der Waals surface area contributed by atoms with E-state index in [2.05, 4.69) is 47.3 Å². The van der Waals surface area contributed by atoms with Crippen LogP contribution in [0.1, 0.15) is 46.7 Å². The fourth-order valence-corrected chi connectivity index (χ4v) is 2.26. The van der Waals surface area contributed by atoms with Gasteiger partial charge >= 0.3 is 0 Å². The van der Waals surface area contributed by atoms with E-state index >= 15 is 0 Å². The average Bonchev–Trinajstić information content (AvgIpc) is 2.78. The van der Waals surface area contributed by atoms with Crippen molar-refractivity contribution in [3.63, 3.8) is 0 Å². The van der Waals surface area contributed by atoms with Crippen LogP contribution in [-0.2, 0) is 0 Å². The van der Waals surface area contributed by atoms with Gasteiger partial charge in [0.2, 0.25) is 0 Å². The summed E-state index contributed by atoms with van der Waals surface area (Å²) in [5.74, 6) is 0.994. The zero-order valence-electron chi connectivity index (χ0n) is 13.2. The first-order valence-electron chi connectivity index (χ1n) is 7.27. The molecule has 0 amide bonds. The van der Waals surface area contributed by atoms with E-state index in [-0.39, 0.29) is 5.54 Å². The predicted molar refractivity (Wildman–Crippen MR) is 81.6 cm³/mol. The molecule has 1 aliphatic heterocycles. The van der Waals surface area contributed by atoms with Crippen LogP contribution in [0, 0.1) is 6.92 Å². The summed E-state index contributed by atoms with van der Waals surface area (Å²) in [7, 11) is 0. The Hall–Kier alpha value is -1.16. The zero-order valence-corrected chi connectivity index (χ0v) is 13.2. The van der Waals surface area contributed by atoms with Crippen molar-refractivity contribution in [1.29, 1.82) is 0 Å². The van der Waals surface area contributed by atoms with Crippen LogP contribution in [0.15, 0.2) is 12.1 Å². The number of hydrogen-bond acceptors (Lipinski definition) is 4. The Bertz CT molecular complexity index is 367. The Morgan fingerprint density at radius 3 is 2.42 bits per heavy atom. The number of nitrogens with one attached hydrogen (secondary N) is 1. The highest BCUT2D eigenvalue weighted by atomic mass is 15.3.